The molecule has 1 fully saturated rings. The fraction of sp³-hybridized carbons (Fsp3) is 0.500. The zero-order valence-corrected chi connectivity index (χ0v) is 11.7. The van der Waals surface area contributed by atoms with E-state index in [0.29, 0.717) is 6.04 Å². The van der Waals surface area contributed by atoms with Crippen molar-refractivity contribution >= 4 is 17.6 Å². The van der Waals surface area contributed by atoms with Crippen LogP contribution in [0.5, 0.6) is 0 Å². The Bertz CT molecular complexity index is 394. The molecular formula is C14H21N3S. The van der Waals surface area contributed by atoms with E-state index < -0.39 is 0 Å². The van der Waals surface area contributed by atoms with E-state index in [4.69, 9.17) is 10.8 Å². The fourth-order valence-electron chi connectivity index (χ4n) is 2.34. The molecule has 0 aliphatic heterocycles. The van der Waals surface area contributed by atoms with Crippen molar-refractivity contribution in [3.8, 4) is 0 Å². The number of benzene rings is 1. The number of aliphatic imine (C=N–C) groups is 1. The Kier molecular flexibility index (Phi) is 5.08. The van der Waals surface area contributed by atoms with E-state index >= 15 is 0 Å². The van der Waals surface area contributed by atoms with Crippen LogP contribution in [-0.4, -0.2) is 18.1 Å². The van der Waals surface area contributed by atoms with Crippen LogP contribution >= 0.6 is 11.8 Å². The summed E-state index contributed by atoms with van der Waals surface area (Å²) >= 11 is 1.74. The fourth-order valence-corrected chi connectivity index (χ4v) is 2.74. The summed E-state index contributed by atoms with van der Waals surface area (Å²) in [5, 5.41) is 0. The van der Waals surface area contributed by atoms with Crippen molar-refractivity contribution in [2.45, 2.75) is 43.0 Å². The molecule has 1 aromatic rings. The zero-order valence-electron chi connectivity index (χ0n) is 10.9. The lowest BCUT2D eigenvalue weighted by Gasteiger charge is -2.19. The van der Waals surface area contributed by atoms with E-state index in [9.17, 15) is 0 Å². The Morgan fingerprint density at radius 3 is 2.44 bits per heavy atom. The van der Waals surface area contributed by atoms with Gasteiger partial charge in [-0.25, -0.2) is 5.84 Å². The molecule has 0 saturated heterocycles. The van der Waals surface area contributed by atoms with Crippen LogP contribution in [0.4, 0.5) is 0 Å². The highest BCUT2D eigenvalue weighted by atomic mass is 32.2. The SMILES string of the molecule is CSc1ccc(C(=NC2CCCCC2)NN)cc1. The van der Waals surface area contributed by atoms with E-state index in [1.165, 1.54) is 37.0 Å². The van der Waals surface area contributed by atoms with Crippen molar-refractivity contribution in [3.63, 3.8) is 0 Å². The van der Waals surface area contributed by atoms with Gasteiger partial charge in [-0.3, -0.25) is 4.99 Å². The summed E-state index contributed by atoms with van der Waals surface area (Å²) in [5.41, 5.74) is 3.82. The smallest absolute Gasteiger partial charge is 0.142 e. The first-order valence-corrected chi connectivity index (χ1v) is 7.75. The van der Waals surface area contributed by atoms with Crippen LogP contribution in [0.3, 0.4) is 0 Å². The highest BCUT2D eigenvalue weighted by Gasteiger charge is 2.13. The second kappa shape index (κ2) is 6.81. The average Bonchev–Trinajstić information content (AvgIpc) is 2.46. The Hall–Kier alpha value is -1.00. The first-order chi connectivity index (χ1) is 8.83. The van der Waals surface area contributed by atoms with Crippen molar-refractivity contribution < 1.29 is 0 Å². The molecule has 3 nitrogen and oxygen atoms in total. The van der Waals surface area contributed by atoms with Gasteiger partial charge in [0.05, 0.1) is 6.04 Å². The van der Waals surface area contributed by atoms with Gasteiger partial charge in [0.25, 0.3) is 0 Å². The van der Waals surface area contributed by atoms with Gasteiger partial charge in [0.15, 0.2) is 0 Å². The molecule has 2 rings (SSSR count). The number of rotatable bonds is 3. The summed E-state index contributed by atoms with van der Waals surface area (Å²) < 4.78 is 0. The van der Waals surface area contributed by atoms with Crippen molar-refractivity contribution in [3.05, 3.63) is 29.8 Å². The van der Waals surface area contributed by atoms with Gasteiger partial charge in [-0.1, -0.05) is 31.4 Å². The van der Waals surface area contributed by atoms with Gasteiger partial charge in [0.2, 0.25) is 0 Å². The molecule has 3 N–H and O–H groups in total. The number of hydrazine groups is 1. The number of thioether (sulfide) groups is 1. The van der Waals surface area contributed by atoms with Crippen LogP contribution in [0.25, 0.3) is 0 Å². The van der Waals surface area contributed by atoms with E-state index in [0.717, 1.165) is 11.4 Å². The molecule has 18 heavy (non-hydrogen) atoms. The predicted molar refractivity (Wildman–Crippen MR) is 79.0 cm³/mol. The molecule has 1 aliphatic rings. The van der Waals surface area contributed by atoms with E-state index in [-0.39, 0.29) is 0 Å². The lowest BCUT2D eigenvalue weighted by atomic mass is 9.96. The monoisotopic (exact) mass is 263 g/mol. The van der Waals surface area contributed by atoms with E-state index in [1.54, 1.807) is 11.8 Å². The number of nitrogens with two attached hydrogens (primary N) is 1. The minimum absolute atomic E-state index is 0.435. The third kappa shape index (κ3) is 3.50. The van der Waals surface area contributed by atoms with Gasteiger partial charge >= 0.3 is 0 Å². The summed E-state index contributed by atoms with van der Waals surface area (Å²) in [6.07, 6.45) is 8.38. The zero-order chi connectivity index (χ0) is 12.8. The summed E-state index contributed by atoms with van der Waals surface area (Å²) in [6.45, 7) is 0. The van der Waals surface area contributed by atoms with Crippen LogP contribution in [0.15, 0.2) is 34.2 Å². The van der Waals surface area contributed by atoms with Gasteiger partial charge in [-0.15, -0.1) is 11.8 Å². The van der Waals surface area contributed by atoms with Crippen LogP contribution in [0.2, 0.25) is 0 Å². The molecular weight excluding hydrogens is 242 g/mol. The summed E-state index contributed by atoms with van der Waals surface area (Å²) in [4.78, 5) is 6.01. The van der Waals surface area contributed by atoms with Gasteiger partial charge < -0.3 is 5.43 Å². The van der Waals surface area contributed by atoms with Crippen LogP contribution in [-0.2, 0) is 0 Å². The van der Waals surface area contributed by atoms with Crippen LogP contribution < -0.4 is 11.3 Å². The molecule has 0 radical (unpaired) electrons. The Morgan fingerprint density at radius 1 is 1.22 bits per heavy atom. The van der Waals surface area contributed by atoms with Gasteiger partial charge in [-0.2, -0.15) is 0 Å². The van der Waals surface area contributed by atoms with Crippen molar-refractivity contribution in [2.24, 2.45) is 10.8 Å². The topological polar surface area (TPSA) is 50.4 Å². The Balaban J connectivity index is 2.12. The van der Waals surface area contributed by atoms with Gasteiger partial charge in [0, 0.05) is 10.5 Å². The molecule has 1 aliphatic carbocycles. The predicted octanol–water partition coefficient (Wildman–Crippen LogP) is 2.95. The molecule has 0 amide bonds. The summed E-state index contributed by atoms with van der Waals surface area (Å²) in [7, 11) is 0. The highest BCUT2D eigenvalue weighted by molar-refractivity contribution is 7.98. The summed E-state index contributed by atoms with van der Waals surface area (Å²) in [6, 6.07) is 8.80. The molecule has 0 heterocycles. The second-order valence-corrected chi connectivity index (χ2v) is 5.52. The van der Waals surface area contributed by atoms with E-state index in [2.05, 4.69) is 35.9 Å². The van der Waals surface area contributed by atoms with Gasteiger partial charge in [-0.05, 0) is 31.2 Å². The lowest BCUT2D eigenvalue weighted by molar-refractivity contribution is 0.442. The Morgan fingerprint density at radius 2 is 1.89 bits per heavy atom. The summed E-state index contributed by atoms with van der Waals surface area (Å²) in [5.74, 6) is 6.42. The van der Waals surface area contributed by atoms with Crippen molar-refractivity contribution in [1.29, 1.82) is 0 Å². The van der Waals surface area contributed by atoms with Crippen LogP contribution in [0.1, 0.15) is 37.7 Å². The molecule has 1 saturated carbocycles. The minimum atomic E-state index is 0.435. The first-order valence-electron chi connectivity index (χ1n) is 6.52. The van der Waals surface area contributed by atoms with Crippen molar-refractivity contribution in [1.82, 2.24) is 5.43 Å². The third-order valence-electron chi connectivity index (χ3n) is 3.39. The maximum Gasteiger partial charge on any atom is 0.142 e. The molecule has 0 bridgehead atoms. The number of hydrogen-bond acceptors (Lipinski definition) is 3. The largest absolute Gasteiger partial charge is 0.308 e. The molecule has 0 spiro atoms. The molecule has 0 aromatic heterocycles. The molecule has 0 unspecified atom stereocenters. The number of nitrogens with zero attached hydrogens (tertiary/aromatic N) is 1. The average molecular weight is 263 g/mol. The first kappa shape index (κ1) is 13.4. The quantitative estimate of drug-likeness (QED) is 0.290. The number of hydrogen-bond donors (Lipinski definition) is 2. The highest BCUT2D eigenvalue weighted by Crippen LogP contribution is 2.21. The lowest BCUT2D eigenvalue weighted by Crippen LogP contribution is -2.32. The minimum Gasteiger partial charge on any atom is -0.308 e. The molecule has 98 valence electrons. The third-order valence-corrected chi connectivity index (χ3v) is 4.13. The molecule has 4 heteroatoms. The van der Waals surface area contributed by atoms with Crippen LogP contribution in [0, 0.1) is 0 Å². The number of amidine groups is 1. The standard InChI is InChI=1S/C14H21N3S/c1-18-13-9-7-11(8-10-13)14(17-15)16-12-5-3-2-4-6-12/h7-10,12H,2-6,15H2,1H3,(H,16,17). The Labute approximate surface area is 113 Å². The maximum atomic E-state index is 5.61. The van der Waals surface area contributed by atoms with Crippen molar-refractivity contribution in [2.75, 3.05) is 6.26 Å². The van der Waals surface area contributed by atoms with Gasteiger partial charge in [0.1, 0.15) is 5.84 Å². The van der Waals surface area contributed by atoms with E-state index in [1.807, 2.05) is 0 Å². The molecule has 0 atom stereocenters. The second-order valence-electron chi connectivity index (χ2n) is 4.64. The molecule has 1 aromatic carbocycles. The maximum absolute atomic E-state index is 5.61. The normalized spacial score (nSPS) is 17.8. The number of nitrogens with one attached hydrogen (secondary N) is 1.